The van der Waals surface area contributed by atoms with E-state index in [1.54, 1.807) is 0 Å². The average Bonchev–Trinajstić information content (AvgIpc) is 3.22. The van der Waals surface area contributed by atoms with Crippen molar-refractivity contribution in [3.63, 3.8) is 0 Å². The molecule has 0 aromatic heterocycles. The molecule has 4 fully saturated rings. The van der Waals surface area contributed by atoms with Crippen molar-refractivity contribution < 1.29 is 24.5 Å². The van der Waals surface area contributed by atoms with E-state index >= 15 is 0 Å². The van der Waals surface area contributed by atoms with Gasteiger partial charge in [-0.1, -0.05) is 39.0 Å². The van der Waals surface area contributed by atoms with Crippen molar-refractivity contribution in [2.75, 3.05) is 0 Å². The molecule has 1 aromatic carbocycles. The third-order valence-corrected chi connectivity index (χ3v) is 11.5. The second kappa shape index (κ2) is 9.78. The molecule has 1 aromatic rings. The van der Waals surface area contributed by atoms with Gasteiger partial charge in [-0.3, -0.25) is 4.79 Å². The number of aliphatic carboxylic acids is 1. The first kappa shape index (κ1) is 25.8. The molecule has 0 spiro atoms. The predicted octanol–water partition coefficient (Wildman–Crippen LogP) is 6.34. The first-order valence-electron chi connectivity index (χ1n) is 14.3. The molecule has 0 unspecified atom stereocenters. The molecular weight excluding hydrogens is 452 g/mol. The Balaban J connectivity index is 1.48. The van der Waals surface area contributed by atoms with Crippen LogP contribution < -0.4 is 0 Å². The van der Waals surface area contributed by atoms with Gasteiger partial charge in [0.05, 0.1) is 11.7 Å². The molecule has 2 N–H and O–H groups in total. The minimum atomic E-state index is -0.733. The summed E-state index contributed by atoms with van der Waals surface area (Å²) in [6.07, 6.45) is 8.88. The second-order valence-electron chi connectivity index (χ2n) is 13.0. The zero-order valence-electron chi connectivity index (χ0n) is 22.2. The van der Waals surface area contributed by atoms with E-state index in [4.69, 9.17) is 4.74 Å². The van der Waals surface area contributed by atoms with Gasteiger partial charge in [0.25, 0.3) is 0 Å². The molecule has 0 bridgehead atoms. The molecule has 5 rings (SSSR count). The van der Waals surface area contributed by atoms with E-state index in [2.05, 4.69) is 20.8 Å². The first-order chi connectivity index (χ1) is 17.1. The molecule has 0 aliphatic heterocycles. The Morgan fingerprint density at radius 3 is 2.50 bits per heavy atom. The topological polar surface area (TPSA) is 83.8 Å². The molecule has 4 saturated carbocycles. The van der Waals surface area contributed by atoms with Crippen molar-refractivity contribution in [1.82, 2.24) is 0 Å². The smallest absolute Gasteiger partial charge is 0.338 e. The number of carboxylic acid groups (broad SMARTS) is 1. The SMILES string of the molecule is C[C@H](CCC(=O)O)[C@@H]1CC[C@@H]2[C@@H]3CC[C@@H]4C[C@H](O)CC[C@]4(C)[C@@H]3C[C@H](OC(=O)c3ccccc3)[C@]21C. The quantitative estimate of drug-likeness (QED) is 0.449. The molecular formula is C31H44O5. The van der Waals surface area contributed by atoms with Gasteiger partial charge in [-0.2, -0.15) is 0 Å². The van der Waals surface area contributed by atoms with E-state index in [0.717, 1.165) is 38.5 Å². The lowest BCUT2D eigenvalue weighted by Gasteiger charge is -2.62. The van der Waals surface area contributed by atoms with Crippen molar-refractivity contribution in [2.24, 2.45) is 46.3 Å². The van der Waals surface area contributed by atoms with Crippen LogP contribution in [0.1, 0.15) is 95.3 Å². The highest BCUT2D eigenvalue weighted by atomic mass is 16.5. The maximum atomic E-state index is 13.4. The summed E-state index contributed by atoms with van der Waals surface area (Å²) >= 11 is 0. The van der Waals surface area contributed by atoms with Crippen LogP contribution in [0.3, 0.4) is 0 Å². The van der Waals surface area contributed by atoms with Crippen molar-refractivity contribution in [3.05, 3.63) is 35.9 Å². The molecule has 0 amide bonds. The third kappa shape index (κ3) is 4.29. The van der Waals surface area contributed by atoms with E-state index < -0.39 is 5.97 Å². The van der Waals surface area contributed by atoms with E-state index in [0.29, 0.717) is 41.6 Å². The van der Waals surface area contributed by atoms with Crippen LogP contribution in [0.5, 0.6) is 0 Å². The number of ether oxygens (including phenoxy) is 1. The van der Waals surface area contributed by atoms with Crippen LogP contribution in [0.4, 0.5) is 0 Å². The van der Waals surface area contributed by atoms with E-state index in [-0.39, 0.29) is 41.3 Å². The highest BCUT2D eigenvalue weighted by Crippen LogP contribution is 2.69. The van der Waals surface area contributed by atoms with Crippen molar-refractivity contribution in [1.29, 1.82) is 0 Å². The fourth-order valence-electron chi connectivity index (χ4n) is 9.63. The lowest BCUT2D eigenvalue weighted by molar-refractivity contribution is -0.176. The van der Waals surface area contributed by atoms with Gasteiger partial charge in [-0.05, 0) is 111 Å². The van der Waals surface area contributed by atoms with Crippen LogP contribution in [0, 0.1) is 46.3 Å². The summed E-state index contributed by atoms with van der Waals surface area (Å²) in [5.41, 5.74) is 0.649. The molecule has 4 aliphatic carbocycles. The van der Waals surface area contributed by atoms with Crippen LogP contribution in [-0.4, -0.2) is 34.4 Å². The lowest BCUT2D eigenvalue weighted by Crippen LogP contribution is -2.59. The monoisotopic (exact) mass is 496 g/mol. The van der Waals surface area contributed by atoms with Gasteiger partial charge in [0, 0.05) is 11.8 Å². The number of fused-ring (bicyclic) bond motifs is 5. The van der Waals surface area contributed by atoms with E-state index in [9.17, 15) is 19.8 Å². The van der Waals surface area contributed by atoms with Crippen LogP contribution in [0.15, 0.2) is 30.3 Å². The Morgan fingerprint density at radius 2 is 1.78 bits per heavy atom. The van der Waals surface area contributed by atoms with Gasteiger partial charge in [0.15, 0.2) is 0 Å². The van der Waals surface area contributed by atoms with Gasteiger partial charge in [0.1, 0.15) is 6.10 Å². The number of aliphatic hydroxyl groups is 1. The predicted molar refractivity (Wildman–Crippen MR) is 138 cm³/mol. The third-order valence-electron chi connectivity index (χ3n) is 11.5. The molecule has 5 heteroatoms. The summed E-state index contributed by atoms with van der Waals surface area (Å²) in [6, 6.07) is 9.33. The summed E-state index contributed by atoms with van der Waals surface area (Å²) in [6.45, 7) is 7.04. The average molecular weight is 497 g/mol. The number of carbonyl (C=O) groups is 2. The number of esters is 1. The Bertz CT molecular complexity index is 961. The Morgan fingerprint density at radius 1 is 1.03 bits per heavy atom. The minimum Gasteiger partial charge on any atom is -0.481 e. The highest BCUT2D eigenvalue weighted by molar-refractivity contribution is 5.89. The number of carbonyl (C=O) groups excluding carboxylic acids is 1. The van der Waals surface area contributed by atoms with Crippen molar-refractivity contribution in [3.8, 4) is 0 Å². The summed E-state index contributed by atoms with van der Waals surface area (Å²) in [4.78, 5) is 24.7. The normalized spacial score (nSPS) is 42.5. The highest BCUT2D eigenvalue weighted by Gasteiger charge is 2.65. The largest absolute Gasteiger partial charge is 0.481 e. The molecule has 10 atom stereocenters. The molecule has 4 aliphatic rings. The van der Waals surface area contributed by atoms with Crippen LogP contribution >= 0.6 is 0 Å². The number of benzene rings is 1. The maximum absolute atomic E-state index is 13.4. The summed E-state index contributed by atoms with van der Waals surface area (Å²) in [5.74, 6) is 1.83. The molecule has 5 nitrogen and oxygen atoms in total. The number of hydrogen-bond acceptors (Lipinski definition) is 4. The van der Waals surface area contributed by atoms with Gasteiger partial charge in [-0.25, -0.2) is 4.79 Å². The zero-order chi connectivity index (χ0) is 25.7. The fourth-order valence-corrected chi connectivity index (χ4v) is 9.63. The number of aliphatic hydroxyl groups excluding tert-OH is 1. The minimum absolute atomic E-state index is 0.138. The lowest BCUT2D eigenvalue weighted by atomic mass is 9.43. The van der Waals surface area contributed by atoms with Crippen LogP contribution in [0.2, 0.25) is 0 Å². The molecule has 198 valence electrons. The van der Waals surface area contributed by atoms with Gasteiger partial charge < -0.3 is 14.9 Å². The maximum Gasteiger partial charge on any atom is 0.338 e. The van der Waals surface area contributed by atoms with E-state index in [1.165, 1.54) is 12.8 Å². The molecule has 0 heterocycles. The standard InChI is InChI=1S/C31H44O5/c1-19(9-14-28(33)34)24-12-13-25-23-11-10-21-17-22(32)15-16-30(21,2)26(23)18-27(31(24,25)3)36-29(35)20-7-5-4-6-8-20/h4-8,19,21-27,32H,9-18H2,1-3H3,(H,33,34)/t19-,21-,22-,23+,24+,25-,26-,27+,30+,31+/m1/s1. The van der Waals surface area contributed by atoms with Gasteiger partial charge in [0.2, 0.25) is 0 Å². The molecule has 0 radical (unpaired) electrons. The summed E-state index contributed by atoms with van der Waals surface area (Å²) < 4.78 is 6.49. The van der Waals surface area contributed by atoms with Gasteiger partial charge >= 0.3 is 11.9 Å². The zero-order valence-corrected chi connectivity index (χ0v) is 22.2. The van der Waals surface area contributed by atoms with Crippen molar-refractivity contribution in [2.45, 2.75) is 97.2 Å². The summed E-state index contributed by atoms with van der Waals surface area (Å²) in [7, 11) is 0. The van der Waals surface area contributed by atoms with Crippen molar-refractivity contribution >= 4 is 11.9 Å². The van der Waals surface area contributed by atoms with Crippen LogP contribution in [0.25, 0.3) is 0 Å². The van der Waals surface area contributed by atoms with Gasteiger partial charge in [-0.15, -0.1) is 0 Å². The number of rotatable bonds is 6. The number of carboxylic acids is 1. The fraction of sp³-hybridized carbons (Fsp3) is 0.742. The first-order valence-corrected chi connectivity index (χ1v) is 14.3. The van der Waals surface area contributed by atoms with Crippen LogP contribution in [-0.2, 0) is 9.53 Å². The Kier molecular flexibility index (Phi) is 6.99. The summed E-state index contributed by atoms with van der Waals surface area (Å²) in [5, 5.41) is 19.7. The molecule has 0 saturated heterocycles. The molecule has 36 heavy (non-hydrogen) atoms. The number of hydrogen-bond donors (Lipinski definition) is 2. The Hall–Kier alpha value is -1.88. The second-order valence-corrected chi connectivity index (χ2v) is 13.0. The Labute approximate surface area is 216 Å². The van der Waals surface area contributed by atoms with E-state index in [1.807, 2.05) is 30.3 Å².